The Morgan fingerprint density at radius 1 is 1.22 bits per heavy atom. The van der Waals surface area contributed by atoms with Gasteiger partial charge in [-0.1, -0.05) is 12.1 Å². The number of rotatable bonds is 3. The quantitative estimate of drug-likeness (QED) is 0.777. The maximum atomic E-state index is 4.42. The molecule has 3 rings (SSSR count). The Balaban J connectivity index is 1.83. The van der Waals surface area contributed by atoms with Crippen LogP contribution in [0.4, 0.5) is 5.00 Å². The van der Waals surface area contributed by atoms with E-state index < -0.39 is 0 Å². The van der Waals surface area contributed by atoms with Crippen LogP contribution in [0.2, 0.25) is 0 Å². The van der Waals surface area contributed by atoms with Gasteiger partial charge in [-0.05, 0) is 47.8 Å². The SMILES string of the molecule is Cc1cnccc1CNc1snc2ccccc12. The van der Waals surface area contributed by atoms with E-state index in [2.05, 4.69) is 27.7 Å². The van der Waals surface area contributed by atoms with Crippen molar-refractivity contribution in [2.75, 3.05) is 5.32 Å². The minimum Gasteiger partial charge on any atom is -0.371 e. The summed E-state index contributed by atoms with van der Waals surface area (Å²) in [6.07, 6.45) is 3.72. The predicted molar refractivity (Wildman–Crippen MR) is 75.9 cm³/mol. The maximum Gasteiger partial charge on any atom is 0.117 e. The van der Waals surface area contributed by atoms with E-state index in [1.807, 2.05) is 36.7 Å². The minimum atomic E-state index is 0.806. The monoisotopic (exact) mass is 255 g/mol. The second kappa shape index (κ2) is 4.74. The molecule has 0 saturated carbocycles. The second-order valence-electron chi connectivity index (χ2n) is 4.18. The first-order valence-electron chi connectivity index (χ1n) is 5.82. The zero-order chi connectivity index (χ0) is 12.4. The number of pyridine rings is 1. The van der Waals surface area contributed by atoms with Crippen LogP contribution in [0.1, 0.15) is 11.1 Å². The Hall–Kier alpha value is -1.94. The smallest absolute Gasteiger partial charge is 0.117 e. The lowest BCUT2D eigenvalue weighted by Gasteiger charge is -2.06. The first-order chi connectivity index (χ1) is 8.84. The van der Waals surface area contributed by atoms with E-state index in [1.165, 1.54) is 28.0 Å². The standard InChI is InChI=1S/C14H13N3S/c1-10-8-15-7-6-11(10)9-16-14-12-4-2-3-5-13(12)17-18-14/h2-8,16H,9H2,1H3. The summed E-state index contributed by atoms with van der Waals surface area (Å²) >= 11 is 1.51. The molecule has 2 heterocycles. The zero-order valence-corrected chi connectivity index (χ0v) is 10.9. The fraction of sp³-hybridized carbons (Fsp3) is 0.143. The number of aromatic nitrogens is 2. The molecular formula is C14H13N3S. The Kier molecular flexibility index (Phi) is 2.94. The summed E-state index contributed by atoms with van der Waals surface area (Å²) in [5.74, 6) is 0. The summed E-state index contributed by atoms with van der Waals surface area (Å²) in [4.78, 5) is 4.10. The molecule has 3 aromatic rings. The van der Waals surface area contributed by atoms with Crippen molar-refractivity contribution in [2.45, 2.75) is 13.5 Å². The van der Waals surface area contributed by atoms with Gasteiger partial charge in [0.15, 0.2) is 0 Å². The van der Waals surface area contributed by atoms with Gasteiger partial charge in [0, 0.05) is 24.3 Å². The van der Waals surface area contributed by atoms with Gasteiger partial charge in [-0.2, -0.15) is 4.37 Å². The van der Waals surface area contributed by atoms with Crippen LogP contribution in [0, 0.1) is 6.92 Å². The number of nitrogens with zero attached hydrogens (tertiary/aromatic N) is 2. The van der Waals surface area contributed by atoms with Crippen LogP contribution in [-0.4, -0.2) is 9.36 Å². The summed E-state index contributed by atoms with van der Waals surface area (Å²) in [5.41, 5.74) is 3.53. The molecule has 2 aromatic heterocycles. The number of hydrogen-bond acceptors (Lipinski definition) is 4. The van der Waals surface area contributed by atoms with Gasteiger partial charge in [-0.25, -0.2) is 0 Å². The average molecular weight is 255 g/mol. The fourth-order valence-corrected chi connectivity index (χ4v) is 2.65. The Morgan fingerprint density at radius 3 is 3.00 bits per heavy atom. The van der Waals surface area contributed by atoms with Gasteiger partial charge in [-0.3, -0.25) is 4.98 Å². The second-order valence-corrected chi connectivity index (χ2v) is 4.96. The van der Waals surface area contributed by atoms with Gasteiger partial charge in [0.05, 0.1) is 5.52 Å². The van der Waals surface area contributed by atoms with Crippen LogP contribution < -0.4 is 5.32 Å². The van der Waals surface area contributed by atoms with E-state index in [4.69, 9.17) is 0 Å². The normalized spacial score (nSPS) is 10.7. The molecule has 0 aliphatic carbocycles. The van der Waals surface area contributed by atoms with Crippen LogP contribution in [0.25, 0.3) is 10.9 Å². The largest absolute Gasteiger partial charge is 0.371 e. The van der Waals surface area contributed by atoms with Gasteiger partial charge >= 0.3 is 0 Å². The van der Waals surface area contributed by atoms with Crippen LogP contribution in [0.5, 0.6) is 0 Å². The zero-order valence-electron chi connectivity index (χ0n) is 10.1. The van der Waals surface area contributed by atoms with Crippen molar-refractivity contribution < 1.29 is 0 Å². The van der Waals surface area contributed by atoms with Gasteiger partial charge in [0.25, 0.3) is 0 Å². The number of anilines is 1. The van der Waals surface area contributed by atoms with Crippen LogP contribution >= 0.6 is 11.5 Å². The molecule has 0 aliphatic rings. The molecule has 0 unspecified atom stereocenters. The number of hydrogen-bond donors (Lipinski definition) is 1. The fourth-order valence-electron chi connectivity index (χ4n) is 1.89. The number of nitrogens with one attached hydrogen (secondary N) is 1. The third kappa shape index (κ3) is 2.07. The number of fused-ring (bicyclic) bond motifs is 1. The Labute approximate surface area is 110 Å². The molecule has 0 aliphatic heterocycles. The van der Waals surface area contributed by atoms with Gasteiger partial charge in [0.1, 0.15) is 5.00 Å². The molecule has 0 spiro atoms. The highest BCUT2D eigenvalue weighted by molar-refractivity contribution is 7.11. The van der Waals surface area contributed by atoms with Crippen molar-refractivity contribution in [3.05, 3.63) is 53.9 Å². The molecule has 0 fully saturated rings. The van der Waals surface area contributed by atoms with E-state index in [0.29, 0.717) is 0 Å². The van der Waals surface area contributed by atoms with E-state index in [9.17, 15) is 0 Å². The van der Waals surface area contributed by atoms with Crippen molar-refractivity contribution in [2.24, 2.45) is 0 Å². The van der Waals surface area contributed by atoms with Gasteiger partial charge in [-0.15, -0.1) is 0 Å². The number of aryl methyl sites for hydroxylation is 1. The molecule has 0 saturated heterocycles. The third-order valence-corrected chi connectivity index (χ3v) is 3.79. The molecule has 0 amide bonds. The van der Waals surface area contributed by atoms with Gasteiger partial charge in [0.2, 0.25) is 0 Å². The first-order valence-corrected chi connectivity index (χ1v) is 6.60. The molecule has 3 nitrogen and oxygen atoms in total. The van der Waals surface area contributed by atoms with Crippen LogP contribution in [0.15, 0.2) is 42.7 Å². The lowest BCUT2D eigenvalue weighted by molar-refractivity contribution is 1.10. The van der Waals surface area contributed by atoms with E-state index in [0.717, 1.165) is 17.1 Å². The average Bonchev–Trinajstić information content (AvgIpc) is 2.81. The summed E-state index contributed by atoms with van der Waals surface area (Å²) in [5, 5.41) is 5.77. The van der Waals surface area contributed by atoms with Crippen molar-refractivity contribution in [1.29, 1.82) is 0 Å². The Morgan fingerprint density at radius 2 is 2.11 bits per heavy atom. The molecule has 0 radical (unpaired) electrons. The van der Waals surface area contributed by atoms with E-state index in [-0.39, 0.29) is 0 Å². The van der Waals surface area contributed by atoms with Crippen molar-refractivity contribution in [3.8, 4) is 0 Å². The molecule has 1 N–H and O–H groups in total. The van der Waals surface area contributed by atoms with Crippen molar-refractivity contribution in [3.63, 3.8) is 0 Å². The topological polar surface area (TPSA) is 37.8 Å². The van der Waals surface area contributed by atoms with Crippen LogP contribution in [0.3, 0.4) is 0 Å². The highest BCUT2D eigenvalue weighted by Crippen LogP contribution is 2.27. The lowest BCUT2D eigenvalue weighted by atomic mass is 10.1. The molecular weight excluding hydrogens is 242 g/mol. The highest BCUT2D eigenvalue weighted by Gasteiger charge is 2.05. The van der Waals surface area contributed by atoms with Crippen molar-refractivity contribution >= 4 is 27.4 Å². The highest BCUT2D eigenvalue weighted by atomic mass is 32.1. The molecule has 0 bridgehead atoms. The van der Waals surface area contributed by atoms with Crippen molar-refractivity contribution in [1.82, 2.24) is 9.36 Å². The lowest BCUT2D eigenvalue weighted by Crippen LogP contribution is -2.00. The summed E-state index contributed by atoms with van der Waals surface area (Å²) in [7, 11) is 0. The molecule has 90 valence electrons. The van der Waals surface area contributed by atoms with E-state index >= 15 is 0 Å². The summed E-state index contributed by atoms with van der Waals surface area (Å²) in [6, 6.07) is 10.2. The molecule has 1 aromatic carbocycles. The molecule has 4 heteroatoms. The van der Waals surface area contributed by atoms with Gasteiger partial charge < -0.3 is 5.32 Å². The third-order valence-electron chi connectivity index (χ3n) is 2.96. The van der Waals surface area contributed by atoms with E-state index in [1.54, 1.807) is 0 Å². The molecule has 18 heavy (non-hydrogen) atoms. The maximum absolute atomic E-state index is 4.42. The predicted octanol–water partition coefficient (Wildman–Crippen LogP) is 3.61. The first kappa shape index (κ1) is 11.2. The Bertz CT molecular complexity index is 675. The summed E-state index contributed by atoms with van der Waals surface area (Å²) < 4.78 is 4.42. The minimum absolute atomic E-state index is 0.806. The van der Waals surface area contributed by atoms with Crippen LogP contribution in [-0.2, 0) is 6.54 Å². The molecule has 0 atom stereocenters. The number of benzene rings is 1. The summed E-state index contributed by atoms with van der Waals surface area (Å²) in [6.45, 7) is 2.88.